The molecule has 2 aromatic carbocycles. The van der Waals surface area contributed by atoms with E-state index in [9.17, 15) is 4.79 Å². The summed E-state index contributed by atoms with van der Waals surface area (Å²) in [6.45, 7) is 0.667. The van der Waals surface area contributed by atoms with Gasteiger partial charge in [-0.3, -0.25) is 0 Å². The van der Waals surface area contributed by atoms with Gasteiger partial charge in [-0.25, -0.2) is 4.79 Å². The minimum absolute atomic E-state index is 0.165. The number of nitrogens with one attached hydrogen (secondary N) is 2. The third-order valence-corrected chi connectivity index (χ3v) is 3.41. The lowest BCUT2D eigenvalue weighted by Gasteiger charge is -2.05. The van der Waals surface area contributed by atoms with Crippen LogP contribution in [-0.4, -0.2) is 16.5 Å². The molecule has 3 rings (SSSR count). The first-order chi connectivity index (χ1) is 9.74. The number of benzene rings is 2. The molecule has 1 aromatic heterocycles. The summed E-state index contributed by atoms with van der Waals surface area (Å²) in [6.07, 6.45) is 1.75. The summed E-state index contributed by atoms with van der Waals surface area (Å²) in [5, 5.41) is 0. The van der Waals surface area contributed by atoms with Crippen LogP contribution in [0.4, 0.5) is 0 Å². The van der Waals surface area contributed by atoms with Crippen LogP contribution in [0, 0.1) is 0 Å². The van der Waals surface area contributed by atoms with Crippen molar-refractivity contribution in [3.05, 3.63) is 69.6 Å². The molecule has 0 atom stereocenters. The highest BCUT2D eigenvalue weighted by atomic mass is 16.1. The Balaban J connectivity index is 1.88. The molecule has 4 nitrogen and oxygen atoms in total. The van der Waals surface area contributed by atoms with Gasteiger partial charge in [0.2, 0.25) is 0 Å². The van der Waals surface area contributed by atoms with E-state index in [-0.39, 0.29) is 5.69 Å². The molecule has 4 N–H and O–H groups in total. The molecule has 0 saturated heterocycles. The van der Waals surface area contributed by atoms with E-state index in [1.807, 2.05) is 18.2 Å². The zero-order chi connectivity index (χ0) is 13.9. The van der Waals surface area contributed by atoms with Gasteiger partial charge in [0, 0.05) is 0 Å². The number of nitrogens with two attached hydrogens (primary N) is 1. The molecule has 0 aliphatic rings. The maximum atomic E-state index is 11.3. The highest BCUT2D eigenvalue weighted by molar-refractivity contribution is 5.75. The molecule has 0 aliphatic carbocycles. The molecule has 0 unspecified atom stereocenters. The van der Waals surface area contributed by atoms with Crippen LogP contribution in [0.3, 0.4) is 0 Å². The normalized spacial score (nSPS) is 11.1. The maximum absolute atomic E-state index is 11.3. The third-order valence-electron chi connectivity index (χ3n) is 3.41. The first-order valence-electron chi connectivity index (χ1n) is 6.73. The number of hydrogen-bond acceptors (Lipinski definition) is 2. The Bertz CT molecular complexity index is 786. The van der Waals surface area contributed by atoms with Crippen LogP contribution in [-0.2, 0) is 12.8 Å². The largest absolute Gasteiger partial charge is 0.330 e. The molecular formula is C16H17N3O. The summed E-state index contributed by atoms with van der Waals surface area (Å²) in [5.74, 6) is 0. The van der Waals surface area contributed by atoms with E-state index in [0.29, 0.717) is 6.54 Å². The summed E-state index contributed by atoms with van der Waals surface area (Å²) in [6, 6.07) is 14.5. The van der Waals surface area contributed by atoms with Crippen LogP contribution in [0.2, 0.25) is 0 Å². The van der Waals surface area contributed by atoms with Crippen molar-refractivity contribution in [2.24, 2.45) is 5.73 Å². The van der Waals surface area contributed by atoms with Crippen LogP contribution in [0.15, 0.2) is 47.3 Å². The van der Waals surface area contributed by atoms with Gasteiger partial charge in [0.1, 0.15) is 0 Å². The number of H-pyrrole nitrogens is 2. The molecule has 0 radical (unpaired) electrons. The molecule has 20 heavy (non-hydrogen) atoms. The Morgan fingerprint density at radius 1 is 0.900 bits per heavy atom. The van der Waals surface area contributed by atoms with E-state index in [1.165, 1.54) is 16.7 Å². The standard InChI is InChI=1S/C16H17N3O/c17-7-6-11-2-1-3-12(8-11)9-13-4-5-14-15(10-13)19-16(20)18-14/h1-5,8,10H,6-7,9,17H2,(H2,18,19,20). The van der Waals surface area contributed by atoms with Gasteiger partial charge in [0.15, 0.2) is 0 Å². The second-order valence-corrected chi connectivity index (χ2v) is 4.99. The summed E-state index contributed by atoms with van der Waals surface area (Å²) in [7, 11) is 0. The highest BCUT2D eigenvalue weighted by Gasteiger charge is 2.02. The molecule has 0 aliphatic heterocycles. The fraction of sp³-hybridized carbons (Fsp3) is 0.188. The molecule has 1 heterocycles. The number of aromatic amines is 2. The number of hydrogen-bond donors (Lipinski definition) is 3. The fourth-order valence-electron chi connectivity index (χ4n) is 2.49. The van der Waals surface area contributed by atoms with E-state index in [2.05, 4.69) is 34.2 Å². The van der Waals surface area contributed by atoms with Crippen molar-refractivity contribution in [2.45, 2.75) is 12.8 Å². The summed E-state index contributed by atoms with van der Waals surface area (Å²) in [5.41, 5.74) is 10.8. The predicted octanol–water partition coefficient (Wildman–Crippen LogP) is 1.95. The van der Waals surface area contributed by atoms with Gasteiger partial charge in [-0.1, -0.05) is 30.3 Å². The van der Waals surface area contributed by atoms with Gasteiger partial charge >= 0.3 is 5.69 Å². The van der Waals surface area contributed by atoms with Gasteiger partial charge in [0.25, 0.3) is 0 Å². The third kappa shape index (κ3) is 2.65. The van der Waals surface area contributed by atoms with Gasteiger partial charge in [-0.15, -0.1) is 0 Å². The first-order valence-corrected chi connectivity index (χ1v) is 6.73. The second kappa shape index (κ2) is 5.35. The van der Waals surface area contributed by atoms with Crippen molar-refractivity contribution in [3.8, 4) is 0 Å². The van der Waals surface area contributed by atoms with Crippen molar-refractivity contribution in [3.63, 3.8) is 0 Å². The number of imidazole rings is 1. The lowest BCUT2D eigenvalue weighted by Crippen LogP contribution is -2.03. The molecule has 102 valence electrons. The zero-order valence-electron chi connectivity index (χ0n) is 11.1. The lowest BCUT2D eigenvalue weighted by molar-refractivity contribution is 0.964. The minimum atomic E-state index is -0.165. The Morgan fingerprint density at radius 2 is 1.65 bits per heavy atom. The second-order valence-electron chi connectivity index (χ2n) is 4.99. The van der Waals surface area contributed by atoms with Crippen LogP contribution >= 0.6 is 0 Å². The van der Waals surface area contributed by atoms with E-state index in [4.69, 9.17) is 5.73 Å². The maximum Gasteiger partial charge on any atom is 0.323 e. The van der Waals surface area contributed by atoms with Gasteiger partial charge in [-0.2, -0.15) is 0 Å². The van der Waals surface area contributed by atoms with E-state index < -0.39 is 0 Å². The van der Waals surface area contributed by atoms with Gasteiger partial charge < -0.3 is 15.7 Å². The summed E-state index contributed by atoms with van der Waals surface area (Å²) < 4.78 is 0. The van der Waals surface area contributed by atoms with Crippen molar-refractivity contribution in [2.75, 3.05) is 6.54 Å². The van der Waals surface area contributed by atoms with E-state index in [0.717, 1.165) is 23.9 Å². The predicted molar refractivity (Wildman–Crippen MR) is 80.9 cm³/mol. The van der Waals surface area contributed by atoms with Gasteiger partial charge in [0.05, 0.1) is 11.0 Å². The van der Waals surface area contributed by atoms with E-state index >= 15 is 0 Å². The molecular weight excluding hydrogens is 250 g/mol. The average Bonchev–Trinajstić information content (AvgIpc) is 2.79. The molecule has 0 saturated carbocycles. The van der Waals surface area contributed by atoms with Crippen molar-refractivity contribution >= 4 is 11.0 Å². The average molecular weight is 267 g/mol. The quantitative estimate of drug-likeness (QED) is 0.676. The topological polar surface area (TPSA) is 74.7 Å². The summed E-state index contributed by atoms with van der Waals surface area (Å²) in [4.78, 5) is 16.8. The minimum Gasteiger partial charge on any atom is -0.330 e. The molecule has 0 bridgehead atoms. The van der Waals surface area contributed by atoms with E-state index in [1.54, 1.807) is 0 Å². The Hall–Kier alpha value is -2.33. The van der Waals surface area contributed by atoms with Gasteiger partial charge in [-0.05, 0) is 48.2 Å². The van der Waals surface area contributed by atoms with Crippen molar-refractivity contribution < 1.29 is 0 Å². The Kier molecular flexibility index (Phi) is 3.39. The molecule has 0 fully saturated rings. The van der Waals surface area contributed by atoms with Crippen LogP contribution in [0.1, 0.15) is 16.7 Å². The fourth-order valence-corrected chi connectivity index (χ4v) is 2.49. The lowest BCUT2D eigenvalue weighted by atomic mass is 10.0. The van der Waals surface area contributed by atoms with Crippen LogP contribution in [0.25, 0.3) is 11.0 Å². The smallest absolute Gasteiger partial charge is 0.323 e. The Morgan fingerprint density at radius 3 is 2.50 bits per heavy atom. The molecule has 4 heteroatoms. The Labute approximate surface area is 116 Å². The monoisotopic (exact) mass is 267 g/mol. The zero-order valence-corrected chi connectivity index (χ0v) is 11.1. The number of fused-ring (bicyclic) bond motifs is 1. The SMILES string of the molecule is NCCc1cccc(Cc2ccc3[nH]c(=O)[nH]c3c2)c1. The number of rotatable bonds is 4. The molecule has 3 aromatic rings. The van der Waals surface area contributed by atoms with Crippen LogP contribution in [0.5, 0.6) is 0 Å². The summed E-state index contributed by atoms with van der Waals surface area (Å²) >= 11 is 0. The van der Waals surface area contributed by atoms with Crippen molar-refractivity contribution in [1.82, 2.24) is 9.97 Å². The van der Waals surface area contributed by atoms with Crippen LogP contribution < -0.4 is 11.4 Å². The molecule has 0 spiro atoms. The van der Waals surface area contributed by atoms with Crippen molar-refractivity contribution in [1.29, 1.82) is 0 Å². The molecule has 0 amide bonds. The number of aromatic nitrogens is 2. The first kappa shape index (κ1) is 12.7. The highest BCUT2D eigenvalue weighted by Crippen LogP contribution is 2.15.